The second-order valence-corrected chi connectivity index (χ2v) is 5.80. The molecule has 0 bridgehead atoms. The van der Waals surface area contributed by atoms with Gasteiger partial charge in [-0.25, -0.2) is 19.2 Å². The number of halogens is 1. The van der Waals surface area contributed by atoms with E-state index in [-0.39, 0.29) is 6.04 Å². The fourth-order valence-corrected chi connectivity index (χ4v) is 2.55. The Morgan fingerprint density at radius 3 is 2.65 bits per heavy atom. The number of pyridine rings is 1. The van der Waals surface area contributed by atoms with E-state index in [0.29, 0.717) is 11.5 Å². The normalized spacial score (nSPS) is 11.7. The van der Waals surface area contributed by atoms with Gasteiger partial charge in [0.25, 0.3) is 0 Å². The molecule has 1 aromatic carbocycles. The molecule has 0 aliphatic rings. The van der Waals surface area contributed by atoms with E-state index in [0.717, 1.165) is 16.8 Å². The summed E-state index contributed by atoms with van der Waals surface area (Å²) in [5.74, 6) is 0.192. The number of carbonyl (C=O) groups is 1. The van der Waals surface area contributed by atoms with Crippen molar-refractivity contribution in [2.45, 2.75) is 19.9 Å². The first-order valence-electron chi connectivity index (χ1n) is 8.10. The molecule has 3 rings (SSSR count). The summed E-state index contributed by atoms with van der Waals surface area (Å²) in [6.07, 6.45) is 5.07. The second-order valence-electron chi connectivity index (χ2n) is 5.80. The minimum atomic E-state index is -0.430. The number of amides is 2. The topological polar surface area (TPSA) is 79.8 Å². The van der Waals surface area contributed by atoms with Crippen LogP contribution < -0.4 is 10.6 Å². The third-order valence-electron chi connectivity index (χ3n) is 3.85. The summed E-state index contributed by atoms with van der Waals surface area (Å²) in [6.45, 7) is 3.70. The number of nitrogens with one attached hydrogen (secondary N) is 2. The van der Waals surface area contributed by atoms with E-state index in [4.69, 9.17) is 0 Å². The molecule has 132 valence electrons. The molecule has 6 nitrogen and oxygen atoms in total. The summed E-state index contributed by atoms with van der Waals surface area (Å²) < 4.78 is 13.2. The maximum Gasteiger partial charge on any atom is 0.319 e. The quantitative estimate of drug-likeness (QED) is 0.748. The Bertz CT molecular complexity index is 917. The minimum Gasteiger partial charge on any atom is -0.331 e. The number of rotatable bonds is 4. The van der Waals surface area contributed by atoms with E-state index in [1.165, 1.54) is 18.2 Å². The number of aryl methyl sites for hydroxylation is 1. The Morgan fingerprint density at radius 2 is 1.96 bits per heavy atom. The molecule has 0 saturated carbocycles. The van der Waals surface area contributed by atoms with Crippen molar-refractivity contribution in [2.24, 2.45) is 0 Å². The van der Waals surface area contributed by atoms with Gasteiger partial charge in [-0.05, 0) is 44.2 Å². The molecule has 2 heterocycles. The summed E-state index contributed by atoms with van der Waals surface area (Å²) in [6, 6.07) is 8.65. The molecule has 0 spiro atoms. The molecular weight excluding hydrogens is 333 g/mol. The fraction of sp³-hybridized carbons (Fsp3) is 0.158. The summed E-state index contributed by atoms with van der Waals surface area (Å²) in [5, 5.41) is 5.40. The molecule has 7 heteroatoms. The van der Waals surface area contributed by atoms with Crippen LogP contribution in [0.3, 0.4) is 0 Å². The summed E-state index contributed by atoms with van der Waals surface area (Å²) >= 11 is 0. The lowest BCUT2D eigenvalue weighted by molar-refractivity contribution is 0.249. The van der Waals surface area contributed by atoms with E-state index in [2.05, 4.69) is 25.6 Å². The number of aromatic nitrogens is 3. The molecule has 2 N–H and O–H groups in total. The summed E-state index contributed by atoms with van der Waals surface area (Å²) in [5.41, 5.74) is 2.83. The predicted octanol–water partition coefficient (Wildman–Crippen LogP) is 3.87. The number of hydrogen-bond acceptors (Lipinski definition) is 4. The van der Waals surface area contributed by atoms with E-state index in [1.54, 1.807) is 24.7 Å². The summed E-state index contributed by atoms with van der Waals surface area (Å²) in [4.78, 5) is 25.0. The lowest BCUT2D eigenvalue weighted by atomic mass is 10.1. The van der Waals surface area contributed by atoms with Crippen LogP contribution in [0.1, 0.15) is 24.2 Å². The molecule has 3 aromatic rings. The standard InChI is InChI=1S/C19H18FN5O/c1-12-17(11-22-18(23-12)14-6-8-21-9-7-14)13(2)24-19(26)25-16-5-3-4-15(20)10-16/h3-11,13H,1-2H3,(H2,24,25,26)/t13-/m0/s1. The average Bonchev–Trinajstić information content (AvgIpc) is 2.62. The number of nitrogens with zero attached hydrogens (tertiary/aromatic N) is 3. The van der Waals surface area contributed by atoms with Crippen LogP contribution in [0.4, 0.5) is 14.9 Å². The molecule has 0 radical (unpaired) electrons. The molecule has 0 saturated heterocycles. The number of carbonyl (C=O) groups excluding carboxylic acids is 1. The van der Waals surface area contributed by atoms with Crippen molar-refractivity contribution in [3.8, 4) is 11.4 Å². The number of anilines is 1. The van der Waals surface area contributed by atoms with Crippen LogP contribution in [-0.2, 0) is 0 Å². The highest BCUT2D eigenvalue weighted by Crippen LogP contribution is 2.19. The molecule has 2 amide bonds. The van der Waals surface area contributed by atoms with Crippen molar-refractivity contribution in [2.75, 3.05) is 5.32 Å². The van der Waals surface area contributed by atoms with Gasteiger partial charge in [-0.2, -0.15) is 0 Å². The van der Waals surface area contributed by atoms with Crippen LogP contribution in [0.2, 0.25) is 0 Å². The van der Waals surface area contributed by atoms with Gasteiger partial charge in [-0.3, -0.25) is 4.98 Å². The first kappa shape index (κ1) is 17.5. The molecule has 26 heavy (non-hydrogen) atoms. The van der Waals surface area contributed by atoms with Crippen molar-refractivity contribution in [1.29, 1.82) is 0 Å². The average molecular weight is 351 g/mol. The zero-order chi connectivity index (χ0) is 18.5. The van der Waals surface area contributed by atoms with Gasteiger partial charge in [-0.15, -0.1) is 0 Å². The number of hydrogen-bond donors (Lipinski definition) is 2. The van der Waals surface area contributed by atoms with Gasteiger partial charge in [0.15, 0.2) is 5.82 Å². The molecule has 0 aliphatic carbocycles. The Kier molecular flexibility index (Phi) is 5.17. The molecule has 0 fully saturated rings. The predicted molar refractivity (Wildman–Crippen MR) is 97.0 cm³/mol. The van der Waals surface area contributed by atoms with Gasteiger partial charge in [0, 0.05) is 41.1 Å². The highest BCUT2D eigenvalue weighted by molar-refractivity contribution is 5.89. The van der Waals surface area contributed by atoms with Crippen LogP contribution in [0.25, 0.3) is 11.4 Å². The Hall–Kier alpha value is -3.35. The fourth-order valence-electron chi connectivity index (χ4n) is 2.55. The van der Waals surface area contributed by atoms with Gasteiger partial charge >= 0.3 is 6.03 Å². The highest BCUT2D eigenvalue weighted by atomic mass is 19.1. The van der Waals surface area contributed by atoms with E-state index in [1.807, 2.05) is 26.0 Å². The van der Waals surface area contributed by atoms with Crippen LogP contribution >= 0.6 is 0 Å². The van der Waals surface area contributed by atoms with Crippen molar-refractivity contribution in [3.05, 3.63) is 72.1 Å². The van der Waals surface area contributed by atoms with Gasteiger partial charge in [-0.1, -0.05) is 6.07 Å². The number of urea groups is 1. The van der Waals surface area contributed by atoms with Crippen molar-refractivity contribution in [1.82, 2.24) is 20.3 Å². The minimum absolute atomic E-state index is 0.310. The van der Waals surface area contributed by atoms with Crippen molar-refractivity contribution in [3.63, 3.8) is 0 Å². The van der Waals surface area contributed by atoms with E-state index >= 15 is 0 Å². The second kappa shape index (κ2) is 7.69. The van der Waals surface area contributed by atoms with Crippen LogP contribution in [0.15, 0.2) is 55.0 Å². The zero-order valence-corrected chi connectivity index (χ0v) is 14.4. The first-order valence-corrected chi connectivity index (χ1v) is 8.10. The number of benzene rings is 1. The maximum absolute atomic E-state index is 13.2. The third kappa shape index (κ3) is 4.18. The van der Waals surface area contributed by atoms with E-state index < -0.39 is 11.8 Å². The first-order chi connectivity index (χ1) is 12.5. The Labute approximate surface area is 150 Å². The largest absolute Gasteiger partial charge is 0.331 e. The third-order valence-corrected chi connectivity index (χ3v) is 3.85. The monoisotopic (exact) mass is 351 g/mol. The van der Waals surface area contributed by atoms with Gasteiger partial charge < -0.3 is 10.6 Å². The molecule has 1 atom stereocenters. The zero-order valence-electron chi connectivity index (χ0n) is 14.4. The van der Waals surface area contributed by atoms with Crippen LogP contribution in [0.5, 0.6) is 0 Å². The Balaban J connectivity index is 1.69. The molecular formula is C19H18FN5O. The summed E-state index contributed by atoms with van der Waals surface area (Å²) in [7, 11) is 0. The lowest BCUT2D eigenvalue weighted by Crippen LogP contribution is -2.31. The van der Waals surface area contributed by atoms with E-state index in [9.17, 15) is 9.18 Å². The molecule has 0 unspecified atom stereocenters. The highest BCUT2D eigenvalue weighted by Gasteiger charge is 2.14. The molecule has 0 aliphatic heterocycles. The lowest BCUT2D eigenvalue weighted by Gasteiger charge is -2.17. The Morgan fingerprint density at radius 1 is 1.19 bits per heavy atom. The van der Waals surface area contributed by atoms with Crippen molar-refractivity contribution >= 4 is 11.7 Å². The smallest absolute Gasteiger partial charge is 0.319 e. The molecule has 2 aromatic heterocycles. The van der Waals surface area contributed by atoms with Crippen molar-refractivity contribution < 1.29 is 9.18 Å². The SMILES string of the molecule is Cc1nc(-c2ccncc2)ncc1[C@H](C)NC(=O)Nc1cccc(F)c1. The van der Waals surface area contributed by atoms with Gasteiger partial charge in [0.05, 0.1) is 6.04 Å². The van der Waals surface area contributed by atoms with Crippen LogP contribution in [0, 0.1) is 12.7 Å². The van der Waals surface area contributed by atoms with Gasteiger partial charge in [0.2, 0.25) is 0 Å². The maximum atomic E-state index is 13.2. The van der Waals surface area contributed by atoms with Crippen LogP contribution in [-0.4, -0.2) is 21.0 Å². The van der Waals surface area contributed by atoms with Gasteiger partial charge in [0.1, 0.15) is 5.82 Å².